The van der Waals surface area contributed by atoms with E-state index in [-0.39, 0.29) is 18.1 Å². The van der Waals surface area contributed by atoms with Gasteiger partial charge < -0.3 is 14.7 Å². The van der Waals surface area contributed by atoms with Crippen molar-refractivity contribution >= 4 is 5.91 Å². The van der Waals surface area contributed by atoms with Crippen LogP contribution >= 0.6 is 0 Å². The first-order valence-corrected chi connectivity index (χ1v) is 6.35. The first kappa shape index (κ1) is 13.8. The van der Waals surface area contributed by atoms with Gasteiger partial charge in [0.1, 0.15) is 11.6 Å². The fourth-order valence-corrected chi connectivity index (χ4v) is 1.85. The van der Waals surface area contributed by atoms with Gasteiger partial charge in [-0.1, -0.05) is 0 Å². The minimum absolute atomic E-state index is 0.0968. The van der Waals surface area contributed by atoms with E-state index in [1.807, 2.05) is 0 Å². The van der Waals surface area contributed by atoms with Crippen molar-refractivity contribution in [1.82, 2.24) is 4.90 Å². The van der Waals surface area contributed by atoms with E-state index in [4.69, 9.17) is 4.74 Å². The molecule has 0 bridgehead atoms. The second-order valence-electron chi connectivity index (χ2n) is 4.88. The molecule has 104 valence electrons. The summed E-state index contributed by atoms with van der Waals surface area (Å²) in [6.07, 6.45) is 1.22. The highest BCUT2D eigenvalue weighted by Crippen LogP contribution is 2.25. The molecule has 19 heavy (non-hydrogen) atoms. The molecule has 1 amide bonds. The molecular formula is C14H18FNO3. The quantitative estimate of drug-likeness (QED) is 0.886. The first-order chi connectivity index (χ1) is 8.99. The summed E-state index contributed by atoms with van der Waals surface area (Å²) in [5.74, 6) is -0.350. The van der Waals surface area contributed by atoms with E-state index in [0.717, 1.165) is 12.8 Å². The van der Waals surface area contributed by atoms with Gasteiger partial charge in [-0.25, -0.2) is 4.39 Å². The fraction of sp³-hybridized carbons (Fsp3) is 0.500. The van der Waals surface area contributed by atoms with Gasteiger partial charge in [-0.05, 0) is 31.9 Å². The smallest absolute Gasteiger partial charge is 0.260 e. The Kier molecular flexibility index (Phi) is 4.04. The predicted molar refractivity (Wildman–Crippen MR) is 68.3 cm³/mol. The van der Waals surface area contributed by atoms with Gasteiger partial charge in [0.05, 0.1) is 6.10 Å². The molecule has 0 aromatic heterocycles. The van der Waals surface area contributed by atoms with E-state index in [1.54, 1.807) is 18.0 Å². The highest BCUT2D eigenvalue weighted by Gasteiger charge is 2.29. The van der Waals surface area contributed by atoms with Crippen molar-refractivity contribution in [2.75, 3.05) is 13.7 Å². The number of carbonyl (C=O) groups excluding carboxylic acids is 1. The summed E-state index contributed by atoms with van der Waals surface area (Å²) >= 11 is 0. The molecule has 0 unspecified atom stereocenters. The third kappa shape index (κ3) is 3.44. The van der Waals surface area contributed by atoms with E-state index in [2.05, 4.69) is 0 Å². The van der Waals surface area contributed by atoms with Crippen molar-refractivity contribution in [3.05, 3.63) is 29.6 Å². The number of aliphatic hydroxyl groups is 1. The SMILES string of the molecule is C[C@@H](O)c1ccc(OCC(=O)N(C)C2CC2)cc1F. The minimum Gasteiger partial charge on any atom is -0.484 e. The van der Waals surface area contributed by atoms with Gasteiger partial charge in [0.2, 0.25) is 0 Å². The van der Waals surface area contributed by atoms with E-state index < -0.39 is 11.9 Å². The van der Waals surface area contributed by atoms with Crippen molar-refractivity contribution < 1.29 is 19.0 Å². The Labute approximate surface area is 111 Å². The molecule has 1 atom stereocenters. The lowest BCUT2D eigenvalue weighted by Gasteiger charge is -2.16. The maximum atomic E-state index is 13.6. The van der Waals surface area contributed by atoms with Crippen LogP contribution < -0.4 is 4.74 Å². The van der Waals surface area contributed by atoms with E-state index >= 15 is 0 Å². The van der Waals surface area contributed by atoms with Crippen molar-refractivity contribution in [1.29, 1.82) is 0 Å². The number of rotatable bonds is 5. The minimum atomic E-state index is -0.864. The third-order valence-electron chi connectivity index (χ3n) is 3.27. The number of halogens is 1. The van der Waals surface area contributed by atoms with Crippen molar-refractivity contribution in [2.24, 2.45) is 0 Å². The van der Waals surface area contributed by atoms with Gasteiger partial charge in [0.15, 0.2) is 6.61 Å². The summed E-state index contributed by atoms with van der Waals surface area (Å²) < 4.78 is 18.9. The zero-order valence-electron chi connectivity index (χ0n) is 11.1. The second kappa shape index (κ2) is 5.57. The number of benzene rings is 1. The lowest BCUT2D eigenvalue weighted by Crippen LogP contribution is -2.33. The summed E-state index contributed by atoms with van der Waals surface area (Å²) in [7, 11) is 1.75. The molecule has 1 aliphatic carbocycles. The van der Waals surface area contributed by atoms with Crippen molar-refractivity contribution in [2.45, 2.75) is 31.9 Å². The van der Waals surface area contributed by atoms with Crippen molar-refractivity contribution in [3.8, 4) is 5.75 Å². The molecule has 0 aliphatic heterocycles. The molecule has 1 aromatic carbocycles. The molecule has 0 heterocycles. The van der Waals surface area contributed by atoms with Crippen LogP contribution in [0.3, 0.4) is 0 Å². The number of nitrogens with zero attached hydrogens (tertiary/aromatic N) is 1. The summed E-state index contributed by atoms with van der Waals surface area (Å²) in [6.45, 7) is 1.40. The van der Waals surface area contributed by atoms with Crippen LogP contribution in [0, 0.1) is 5.82 Å². The molecule has 5 heteroatoms. The Bertz CT molecular complexity index is 472. The van der Waals surface area contributed by atoms with E-state index in [1.165, 1.54) is 19.1 Å². The zero-order chi connectivity index (χ0) is 14.0. The molecule has 0 saturated heterocycles. The molecule has 1 aliphatic rings. The Morgan fingerprint density at radius 3 is 2.79 bits per heavy atom. The molecular weight excluding hydrogens is 249 g/mol. The lowest BCUT2D eigenvalue weighted by atomic mass is 10.1. The number of amides is 1. The Morgan fingerprint density at radius 1 is 1.58 bits per heavy atom. The predicted octanol–water partition coefficient (Wildman–Crippen LogP) is 1.88. The van der Waals surface area contributed by atoms with Gasteiger partial charge in [-0.2, -0.15) is 0 Å². The first-order valence-electron chi connectivity index (χ1n) is 6.35. The maximum Gasteiger partial charge on any atom is 0.260 e. The average molecular weight is 267 g/mol. The van der Waals surface area contributed by atoms with Crippen LogP contribution in [0.5, 0.6) is 5.75 Å². The molecule has 1 aromatic rings. The number of ether oxygens (including phenoxy) is 1. The third-order valence-corrected chi connectivity index (χ3v) is 3.27. The van der Waals surface area contributed by atoms with E-state index in [9.17, 15) is 14.3 Å². The highest BCUT2D eigenvalue weighted by molar-refractivity contribution is 5.78. The van der Waals surface area contributed by atoms with Crippen LogP contribution in [0.15, 0.2) is 18.2 Å². The van der Waals surface area contributed by atoms with Crippen LogP contribution in [-0.2, 0) is 4.79 Å². The van der Waals surface area contributed by atoms with Crippen LogP contribution in [0.4, 0.5) is 4.39 Å². The second-order valence-corrected chi connectivity index (χ2v) is 4.88. The van der Waals surface area contributed by atoms with Gasteiger partial charge >= 0.3 is 0 Å². The van der Waals surface area contributed by atoms with Crippen LogP contribution in [-0.4, -0.2) is 35.6 Å². The van der Waals surface area contributed by atoms with Gasteiger partial charge in [-0.15, -0.1) is 0 Å². The Morgan fingerprint density at radius 2 is 2.26 bits per heavy atom. The number of aliphatic hydroxyl groups excluding tert-OH is 1. The van der Waals surface area contributed by atoms with Crippen LogP contribution in [0.2, 0.25) is 0 Å². The topological polar surface area (TPSA) is 49.8 Å². The summed E-state index contributed by atoms with van der Waals surface area (Å²) in [4.78, 5) is 13.4. The number of carbonyl (C=O) groups is 1. The van der Waals surface area contributed by atoms with Crippen LogP contribution in [0.1, 0.15) is 31.4 Å². The molecule has 1 N–H and O–H groups in total. The summed E-state index contributed by atoms with van der Waals surface area (Å²) in [6, 6.07) is 4.54. The number of hydrogen-bond acceptors (Lipinski definition) is 3. The molecule has 0 radical (unpaired) electrons. The van der Waals surface area contributed by atoms with Gasteiger partial charge in [0, 0.05) is 24.7 Å². The summed E-state index contributed by atoms with van der Waals surface area (Å²) in [5, 5.41) is 9.31. The maximum absolute atomic E-state index is 13.6. The monoisotopic (exact) mass is 267 g/mol. The number of hydrogen-bond donors (Lipinski definition) is 1. The van der Waals surface area contributed by atoms with Gasteiger partial charge in [0.25, 0.3) is 5.91 Å². The normalized spacial score (nSPS) is 16.0. The molecule has 4 nitrogen and oxygen atoms in total. The summed E-state index contributed by atoms with van der Waals surface area (Å²) in [5.41, 5.74) is 0.216. The fourth-order valence-electron chi connectivity index (χ4n) is 1.85. The largest absolute Gasteiger partial charge is 0.484 e. The average Bonchev–Trinajstić information content (AvgIpc) is 3.18. The molecule has 2 rings (SSSR count). The van der Waals surface area contributed by atoms with Crippen molar-refractivity contribution in [3.63, 3.8) is 0 Å². The Hall–Kier alpha value is -1.62. The molecule has 1 fully saturated rings. The Balaban J connectivity index is 1.92. The number of likely N-dealkylation sites (N-methyl/N-ethyl adjacent to an activating group) is 1. The van der Waals surface area contributed by atoms with Crippen LogP contribution in [0.25, 0.3) is 0 Å². The zero-order valence-corrected chi connectivity index (χ0v) is 11.1. The van der Waals surface area contributed by atoms with Gasteiger partial charge in [-0.3, -0.25) is 4.79 Å². The standard InChI is InChI=1S/C14H18FNO3/c1-9(17)12-6-5-11(7-13(12)15)19-8-14(18)16(2)10-3-4-10/h5-7,9-10,17H,3-4,8H2,1-2H3/t9-/m1/s1. The van der Waals surface area contributed by atoms with E-state index in [0.29, 0.717) is 11.8 Å². The molecule has 0 spiro atoms. The highest BCUT2D eigenvalue weighted by atomic mass is 19.1. The lowest BCUT2D eigenvalue weighted by molar-refractivity contribution is -0.132. The molecule has 1 saturated carbocycles.